The van der Waals surface area contributed by atoms with E-state index >= 15 is 0 Å². The van der Waals surface area contributed by atoms with E-state index in [-0.39, 0.29) is 5.91 Å². The van der Waals surface area contributed by atoms with Crippen molar-refractivity contribution in [3.8, 4) is 28.5 Å². The summed E-state index contributed by atoms with van der Waals surface area (Å²) in [7, 11) is 4.63. The fourth-order valence-electron chi connectivity index (χ4n) is 2.60. The first-order chi connectivity index (χ1) is 13.2. The second-order valence-corrected chi connectivity index (χ2v) is 5.62. The molecule has 0 atom stereocenters. The summed E-state index contributed by atoms with van der Waals surface area (Å²) in [6.07, 6.45) is 3.39. The van der Waals surface area contributed by atoms with Crippen molar-refractivity contribution in [1.82, 2.24) is 20.5 Å². The molecule has 8 nitrogen and oxygen atoms in total. The average Bonchev–Trinajstić information content (AvgIpc) is 3.22. The summed E-state index contributed by atoms with van der Waals surface area (Å²) < 4.78 is 16.0. The fraction of sp³-hybridized carbons (Fsp3) is 0.211. The molecule has 2 aromatic heterocycles. The van der Waals surface area contributed by atoms with Crippen LogP contribution in [0.1, 0.15) is 16.1 Å². The molecule has 3 rings (SSSR count). The van der Waals surface area contributed by atoms with Crippen molar-refractivity contribution in [3.63, 3.8) is 0 Å². The summed E-state index contributed by atoms with van der Waals surface area (Å²) in [6, 6.07) is 8.92. The quantitative estimate of drug-likeness (QED) is 0.665. The summed E-state index contributed by atoms with van der Waals surface area (Å²) in [6.45, 7) is 0.380. The van der Waals surface area contributed by atoms with Crippen LogP contribution in [0.25, 0.3) is 11.3 Å². The van der Waals surface area contributed by atoms with Crippen LogP contribution in [0.15, 0.2) is 42.7 Å². The first-order valence-electron chi connectivity index (χ1n) is 8.19. The van der Waals surface area contributed by atoms with E-state index in [9.17, 15) is 4.79 Å². The molecule has 27 heavy (non-hydrogen) atoms. The van der Waals surface area contributed by atoms with Crippen LogP contribution in [0, 0.1) is 0 Å². The van der Waals surface area contributed by atoms with Gasteiger partial charge < -0.3 is 19.5 Å². The molecule has 0 saturated carbocycles. The van der Waals surface area contributed by atoms with E-state index in [0.717, 1.165) is 11.1 Å². The normalized spacial score (nSPS) is 10.3. The van der Waals surface area contributed by atoms with Crippen LogP contribution in [0.4, 0.5) is 0 Å². The molecule has 0 aliphatic rings. The van der Waals surface area contributed by atoms with Crippen molar-refractivity contribution in [2.45, 2.75) is 6.54 Å². The molecule has 140 valence electrons. The molecule has 0 radical (unpaired) electrons. The Balaban J connectivity index is 1.80. The zero-order valence-corrected chi connectivity index (χ0v) is 15.3. The molecule has 2 N–H and O–H groups in total. The largest absolute Gasteiger partial charge is 0.493 e. The average molecular weight is 368 g/mol. The van der Waals surface area contributed by atoms with Gasteiger partial charge in [0.25, 0.3) is 5.91 Å². The number of H-pyrrole nitrogens is 1. The number of nitrogens with one attached hydrogen (secondary N) is 2. The summed E-state index contributed by atoms with van der Waals surface area (Å²) in [5.41, 5.74) is 2.57. The Bertz CT molecular complexity index is 899. The Morgan fingerprint density at radius 3 is 2.44 bits per heavy atom. The van der Waals surface area contributed by atoms with E-state index in [1.54, 1.807) is 51.9 Å². The van der Waals surface area contributed by atoms with Crippen LogP contribution >= 0.6 is 0 Å². The lowest BCUT2D eigenvalue weighted by Crippen LogP contribution is -2.23. The third kappa shape index (κ3) is 4.00. The lowest BCUT2D eigenvalue weighted by Gasteiger charge is -2.13. The maximum atomic E-state index is 12.3. The van der Waals surface area contributed by atoms with Crippen LogP contribution in [-0.4, -0.2) is 42.4 Å². The van der Waals surface area contributed by atoms with E-state index in [2.05, 4.69) is 20.5 Å². The number of amides is 1. The molecule has 1 amide bonds. The number of benzene rings is 1. The lowest BCUT2D eigenvalue weighted by atomic mass is 10.1. The van der Waals surface area contributed by atoms with E-state index in [1.165, 1.54) is 0 Å². The predicted octanol–water partition coefficient (Wildman–Crippen LogP) is 2.43. The van der Waals surface area contributed by atoms with E-state index < -0.39 is 0 Å². The highest BCUT2D eigenvalue weighted by molar-refractivity contribution is 5.93. The molecule has 1 aromatic carbocycles. The second kappa shape index (κ2) is 8.22. The van der Waals surface area contributed by atoms with E-state index in [4.69, 9.17) is 14.2 Å². The zero-order chi connectivity index (χ0) is 19.2. The van der Waals surface area contributed by atoms with Crippen molar-refractivity contribution in [2.75, 3.05) is 21.3 Å². The smallest absolute Gasteiger partial charge is 0.269 e. The van der Waals surface area contributed by atoms with Gasteiger partial charge in [-0.1, -0.05) is 6.07 Å². The minimum atomic E-state index is -0.259. The van der Waals surface area contributed by atoms with Gasteiger partial charge in [0.1, 0.15) is 5.69 Å². The maximum Gasteiger partial charge on any atom is 0.269 e. The second-order valence-electron chi connectivity index (χ2n) is 5.62. The molecule has 2 heterocycles. The summed E-state index contributed by atoms with van der Waals surface area (Å²) in [5.74, 6) is 1.26. The highest BCUT2D eigenvalue weighted by Gasteiger charge is 2.17. The van der Waals surface area contributed by atoms with Gasteiger partial charge in [-0.15, -0.1) is 0 Å². The number of carbonyl (C=O) groups excluding carboxylic acids is 1. The predicted molar refractivity (Wildman–Crippen MR) is 99.1 cm³/mol. The van der Waals surface area contributed by atoms with Crippen molar-refractivity contribution >= 4 is 5.91 Å². The van der Waals surface area contributed by atoms with Crippen molar-refractivity contribution in [3.05, 3.63) is 54.0 Å². The van der Waals surface area contributed by atoms with E-state index in [0.29, 0.717) is 35.2 Å². The van der Waals surface area contributed by atoms with Gasteiger partial charge in [0, 0.05) is 24.5 Å². The van der Waals surface area contributed by atoms with Gasteiger partial charge in [-0.2, -0.15) is 5.10 Å². The Morgan fingerprint density at radius 2 is 1.85 bits per heavy atom. The van der Waals surface area contributed by atoms with Crippen LogP contribution in [0.3, 0.4) is 0 Å². The van der Waals surface area contributed by atoms with Crippen LogP contribution < -0.4 is 19.5 Å². The lowest BCUT2D eigenvalue weighted by molar-refractivity contribution is 0.0946. The minimum absolute atomic E-state index is 0.259. The Hall–Kier alpha value is -3.55. The number of hydrogen-bond acceptors (Lipinski definition) is 6. The first-order valence-corrected chi connectivity index (χ1v) is 8.19. The summed E-state index contributed by atoms with van der Waals surface area (Å²) in [4.78, 5) is 16.4. The standard InChI is InChI=1S/C19H20N4O4/c1-25-16-7-13(8-17(26-2)18(16)27-3)14-9-15(23-22-14)19(24)21-11-12-5-4-6-20-10-12/h4-10H,11H2,1-3H3,(H,21,24)(H,22,23). The molecule has 0 spiro atoms. The number of pyridine rings is 1. The molecule has 3 aromatic rings. The molecule has 0 aliphatic heterocycles. The fourth-order valence-corrected chi connectivity index (χ4v) is 2.60. The topological polar surface area (TPSA) is 98.4 Å². The number of aromatic amines is 1. The third-order valence-corrected chi connectivity index (χ3v) is 3.96. The monoisotopic (exact) mass is 368 g/mol. The molecule has 8 heteroatoms. The minimum Gasteiger partial charge on any atom is -0.493 e. The molecule has 0 bridgehead atoms. The highest BCUT2D eigenvalue weighted by atomic mass is 16.5. The zero-order valence-electron chi connectivity index (χ0n) is 15.3. The summed E-state index contributed by atoms with van der Waals surface area (Å²) >= 11 is 0. The molecule has 0 fully saturated rings. The molecule has 0 aliphatic carbocycles. The van der Waals surface area contributed by atoms with Gasteiger partial charge in [0.05, 0.1) is 27.0 Å². The first kappa shape index (κ1) is 18.2. The highest BCUT2D eigenvalue weighted by Crippen LogP contribution is 2.40. The molecular weight excluding hydrogens is 348 g/mol. The third-order valence-electron chi connectivity index (χ3n) is 3.96. The Labute approximate surface area is 156 Å². The van der Waals surface area contributed by atoms with Crippen LogP contribution in [-0.2, 0) is 6.54 Å². The molecule has 0 unspecified atom stereocenters. The van der Waals surface area contributed by atoms with Crippen molar-refractivity contribution in [2.24, 2.45) is 0 Å². The molecule has 0 saturated heterocycles. The number of hydrogen-bond donors (Lipinski definition) is 2. The van der Waals surface area contributed by atoms with Gasteiger partial charge in [0.15, 0.2) is 11.5 Å². The van der Waals surface area contributed by atoms with Gasteiger partial charge in [0.2, 0.25) is 5.75 Å². The Morgan fingerprint density at radius 1 is 1.11 bits per heavy atom. The number of nitrogens with zero attached hydrogens (tertiary/aromatic N) is 2. The SMILES string of the molecule is COc1cc(-c2cc(C(=O)NCc3cccnc3)[nH]n2)cc(OC)c1OC. The van der Waals surface area contributed by atoms with Gasteiger partial charge in [-0.3, -0.25) is 14.9 Å². The number of rotatable bonds is 7. The number of methoxy groups -OCH3 is 3. The van der Waals surface area contributed by atoms with Gasteiger partial charge in [-0.05, 0) is 29.8 Å². The van der Waals surface area contributed by atoms with Crippen LogP contribution in [0.5, 0.6) is 17.2 Å². The Kier molecular flexibility index (Phi) is 5.55. The van der Waals surface area contributed by atoms with Crippen molar-refractivity contribution in [1.29, 1.82) is 0 Å². The number of aromatic nitrogens is 3. The van der Waals surface area contributed by atoms with Gasteiger partial charge in [-0.25, -0.2) is 0 Å². The van der Waals surface area contributed by atoms with Crippen molar-refractivity contribution < 1.29 is 19.0 Å². The van der Waals surface area contributed by atoms with E-state index in [1.807, 2.05) is 12.1 Å². The van der Waals surface area contributed by atoms with Gasteiger partial charge >= 0.3 is 0 Å². The summed E-state index contributed by atoms with van der Waals surface area (Å²) in [5, 5.41) is 9.80. The number of carbonyl (C=O) groups is 1. The maximum absolute atomic E-state index is 12.3. The number of ether oxygens (including phenoxy) is 3. The molecular formula is C19H20N4O4. The van der Waals surface area contributed by atoms with Crippen LogP contribution in [0.2, 0.25) is 0 Å².